The number of hydrogen-bond acceptors (Lipinski definition) is 9. The molecule has 13 heteroatoms. The van der Waals surface area contributed by atoms with Crippen molar-refractivity contribution in [3.8, 4) is 11.4 Å². The molecule has 36 heavy (non-hydrogen) atoms. The van der Waals surface area contributed by atoms with Gasteiger partial charge in [0, 0.05) is 17.8 Å². The summed E-state index contributed by atoms with van der Waals surface area (Å²) in [5.74, 6) is -5.26. The Labute approximate surface area is 206 Å². The number of nitrogens with zero attached hydrogens (tertiary/aromatic N) is 3. The lowest BCUT2D eigenvalue weighted by Crippen LogP contribution is -2.46. The van der Waals surface area contributed by atoms with Crippen LogP contribution in [0, 0.1) is 6.92 Å². The average Bonchev–Trinajstić information content (AvgIpc) is 2.81. The normalized spacial score (nSPS) is 12.9. The summed E-state index contributed by atoms with van der Waals surface area (Å²) in [6, 6.07) is 7.10. The second-order valence-corrected chi connectivity index (χ2v) is 9.89. The minimum Gasteiger partial charge on any atom is -0.481 e. The summed E-state index contributed by atoms with van der Waals surface area (Å²) in [5, 5.41) is 21.7. The second kappa shape index (κ2) is 10.9. The lowest BCUT2D eigenvalue weighted by molar-refractivity contribution is -0.147. The lowest BCUT2D eigenvalue weighted by atomic mass is 10.1. The Bertz CT molecular complexity index is 1440. The number of carboxylic acids is 2. The molecule has 3 heterocycles. The Morgan fingerprint density at radius 1 is 1.14 bits per heavy atom. The number of fused-ring (bicyclic) bond motifs is 1. The van der Waals surface area contributed by atoms with Gasteiger partial charge in [-0.15, -0.1) is 6.58 Å². The lowest BCUT2D eigenvalue weighted by Gasteiger charge is -2.19. The van der Waals surface area contributed by atoms with Crippen LogP contribution in [0.3, 0.4) is 0 Å². The van der Waals surface area contributed by atoms with E-state index in [4.69, 9.17) is 10.2 Å². The Kier molecular flexibility index (Phi) is 7.94. The number of rotatable bonds is 11. The van der Waals surface area contributed by atoms with Crippen LogP contribution in [0.1, 0.15) is 12.0 Å². The molecule has 188 valence electrons. The van der Waals surface area contributed by atoms with Crippen LogP contribution in [0.15, 0.2) is 55.4 Å². The third-order valence-electron chi connectivity index (χ3n) is 5.06. The fourth-order valence-corrected chi connectivity index (χ4v) is 4.59. The highest BCUT2D eigenvalue weighted by Gasteiger charge is 2.30. The molecule has 3 aromatic rings. The van der Waals surface area contributed by atoms with Crippen molar-refractivity contribution < 1.29 is 33.0 Å². The fourth-order valence-electron chi connectivity index (χ4n) is 3.37. The van der Waals surface area contributed by atoms with E-state index >= 15 is 0 Å². The molecular formula is C23H23N5O7S. The Morgan fingerprint density at radius 3 is 2.47 bits per heavy atom. The summed E-state index contributed by atoms with van der Waals surface area (Å²) in [5.41, 5.74) is 2.26. The molecule has 12 nitrogen and oxygen atoms in total. The molecular weight excluding hydrogens is 490 g/mol. The molecule has 3 aromatic heterocycles. The quantitative estimate of drug-likeness (QED) is 0.271. The van der Waals surface area contributed by atoms with Crippen molar-refractivity contribution in [3.63, 3.8) is 0 Å². The van der Waals surface area contributed by atoms with E-state index in [2.05, 4.69) is 26.8 Å². The number of pyridine rings is 3. The van der Waals surface area contributed by atoms with Crippen LogP contribution in [0.2, 0.25) is 0 Å². The number of aryl methyl sites for hydroxylation is 1. The zero-order chi connectivity index (χ0) is 26.5. The zero-order valence-electron chi connectivity index (χ0n) is 19.1. The van der Waals surface area contributed by atoms with Crippen LogP contribution in [-0.2, 0) is 24.2 Å². The highest BCUT2D eigenvalue weighted by atomic mass is 32.2. The van der Waals surface area contributed by atoms with Gasteiger partial charge in [0.1, 0.15) is 22.7 Å². The van der Waals surface area contributed by atoms with E-state index in [1.165, 1.54) is 6.20 Å². The van der Waals surface area contributed by atoms with Gasteiger partial charge in [-0.1, -0.05) is 18.2 Å². The Morgan fingerprint density at radius 2 is 1.83 bits per heavy atom. The largest absolute Gasteiger partial charge is 0.481 e. The molecule has 2 unspecified atom stereocenters. The highest BCUT2D eigenvalue weighted by Crippen LogP contribution is 2.28. The van der Waals surface area contributed by atoms with E-state index in [1.807, 2.05) is 18.3 Å². The molecule has 4 N–H and O–H groups in total. The van der Waals surface area contributed by atoms with Crippen LogP contribution in [0.5, 0.6) is 0 Å². The third-order valence-corrected chi connectivity index (χ3v) is 6.81. The first-order valence-electron chi connectivity index (χ1n) is 10.5. The molecule has 0 bridgehead atoms. The monoisotopic (exact) mass is 513 g/mol. The van der Waals surface area contributed by atoms with Gasteiger partial charge in [0.25, 0.3) is 0 Å². The van der Waals surface area contributed by atoms with Gasteiger partial charge in [-0.3, -0.25) is 19.6 Å². The highest BCUT2D eigenvalue weighted by molar-refractivity contribution is 7.93. The molecule has 0 spiro atoms. The number of aromatic nitrogens is 3. The molecule has 0 aliphatic carbocycles. The number of hydrogen-bond donors (Lipinski definition) is 4. The van der Waals surface area contributed by atoms with Crippen LogP contribution in [0.4, 0.5) is 5.82 Å². The van der Waals surface area contributed by atoms with E-state index in [-0.39, 0.29) is 5.82 Å². The molecule has 0 radical (unpaired) electrons. The van der Waals surface area contributed by atoms with Gasteiger partial charge in [-0.05, 0) is 30.7 Å². The minimum atomic E-state index is -4.29. The van der Waals surface area contributed by atoms with Crippen molar-refractivity contribution in [2.24, 2.45) is 0 Å². The summed E-state index contributed by atoms with van der Waals surface area (Å²) >= 11 is 0. The number of carboxylic acid groups (broad SMARTS) is 2. The first-order chi connectivity index (χ1) is 17.0. The van der Waals surface area contributed by atoms with E-state index in [0.29, 0.717) is 22.3 Å². The summed E-state index contributed by atoms with van der Waals surface area (Å²) in [7, 11) is -4.29. The SMILES string of the molecule is C=CC(Nc1nc(-c2ncccc2C)cc2cccnc12)S(=O)(=O)CC(=O)NC(CC(=O)O)C(=O)O. The van der Waals surface area contributed by atoms with Crippen LogP contribution >= 0.6 is 0 Å². The summed E-state index contributed by atoms with van der Waals surface area (Å²) < 4.78 is 26.0. The Balaban J connectivity index is 1.91. The molecule has 0 saturated heterocycles. The van der Waals surface area contributed by atoms with Crippen molar-refractivity contribution in [2.75, 3.05) is 11.1 Å². The summed E-state index contributed by atoms with van der Waals surface area (Å²) in [4.78, 5) is 47.4. The standard InChI is InChI=1S/C23H23N5O7S/c1-3-18(36(34,35)12-17(29)26-16(23(32)33)11-19(30)31)28-22-21-14(7-5-9-25-21)10-15(27-22)20-13(2)6-4-8-24-20/h3-10,16,18H,1,11-12H2,2H3,(H,26,29)(H,27,28)(H,30,31)(H,32,33). The Hall–Kier alpha value is -4.39. The van der Waals surface area contributed by atoms with Crippen molar-refractivity contribution in [1.29, 1.82) is 0 Å². The van der Waals surface area contributed by atoms with Gasteiger partial charge in [0.2, 0.25) is 5.91 Å². The fraction of sp³-hybridized carbons (Fsp3) is 0.217. The number of sulfone groups is 1. The molecule has 0 aliphatic heterocycles. The van der Waals surface area contributed by atoms with Gasteiger partial charge in [-0.25, -0.2) is 18.2 Å². The van der Waals surface area contributed by atoms with Gasteiger partial charge in [0.05, 0.1) is 17.8 Å². The smallest absolute Gasteiger partial charge is 0.326 e. The van der Waals surface area contributed by atoms with E-state index < -0.39 is 51.3 Å². The van der Waals surface area contributed by atoms with Crippen molar-refractivity contribution >= 4 is 44.4 Å². The molecule has 2 atom stereocenters. The predicted molar refractivity (Wildman–Crippen MR) is 131 cm³/mol. The summed E-state index contributed by atoms with van der Waals surface area (Å²) in [6.07, 6.45) is 3.27. The van der Waals surface area contributed by atoms with Crippen LogP contribution < -0.4 is 10.6 Å². The van der Waals surface area contributed by atoms with Gasteiger partial charge in [0.15, 0.2) is 15.7 Å². The maximum absolute atomic E-state index is 13.0. The molecule has 0 saturated carbocycles. The second-order valence-electron chi connectivity index (χ2n) is 7.76. The number of aliphatic carboxylic acids is 2. The molecule has 3 rings (SSSR count). The van der Waals surface area contributed by atoms with E-state index in [1.54, 1.807) is 30.5 Å². The van der Waals surface area contributed by atoms with E-state index in [0.717, 1.165) is 11.6 Å². The zero-order valence-corrected chi connectivity index (χ0v) is 19.9. The maximum Gasteiger partial charge on any atom is 0.326 e. The van der Waals surface area contributed by atoms with Gasteiger partial charge in [-0.2, -0.15) is 0 Å². The third kappa shape index (κ3) is 6.18. The molecule has 1 amide bonds. The number of carbonyl (C=O) groups excluding carboxylic acids is 1. The number of carbonyl (C=O) groups is 3. The first kappa shape index (κ1) is 26.2. The first-order valence-corrected chi connectivity index (χ1v) is 12.3. The van der Waals surface area contributed by atoms with Crippen molar-refractivity contribution in [1.82, 2.24) is 20.3 Å². The topological polar surface area (TPSA) is 189 Å². The van der Waals surface area contributed by atoms with Crippen molar-refractivity contribution in [3.05, 3.63) is 60.9 Å². The predicted octanol–water partition coefficient (Wildman–Crippen LogP) is 1.38. The van der Waals surface area contributed by atoms with Crippen molar-refractivity contribution in [2.45, 2.75) is 24.8 Å². The molecule has 0 aromatic carbocycles. The number of anilines is 1. The number of nitrogens with one attached hydrogen (secondary N) is 2. The van der Waals surface area contributed by atoms with Gasteiger partial charge >= 0.3 is 11.9 Å². The van der Waals surface area contributed by atoms with E-state index in [9.17, 15) is 22.8 Å². The molecule has 0 aliphatic rings. The summed E-state index contributed by atoms with van der Waals surface area (Å²) in [6.45, 7) is 5.38. The minimum absolute atomic E-state index is 0.108. The maximum atomic E-state index is 13.0. The molecule has 0 fully saturated rings. The number of amides is 1. The van der Waals surface area contributed by atoms with Crippen LogP contribution in [-0.4, -0.2) is 68.6 Å². The van der Waals surface area contributed by atoms with Gasteiger partial charge < -0.3 is 20.8 Å². The average molecular weight is 514 g/mol. The van der Waals surface area contributed by atoms with Crippen LogP contribution in [0.25, 0.3) is 22.3 Å².